The van der Waals surface area contributed by atoms with Crippen LogP contribution in [-0.2, 0) is 76.3 Å². The van der Waals surface area contributed by atoms with E-state index in [9.17, 15) is 38.4 Å². The molecular formula is C67H123N3O16S4. The summed E-state index contributed by atoms with van der Waals surface area (Å²) in [5.41, 5.74) is 0. The molecule has 0 fully saturated rings. The lowest BCUT2D eigenvalue weighted by Crippen LogP contribution is -2.34. The molecule has 526 valence electrons. The van der Waals surface area contributed by atoms with E-state index in [1.807, 2.05) is 44.5 Å². The van der Waals surface area contributed by atoms with Crippen molar-refractivity contribution in [3.63, 3.8) is 0 Å². The number of ether oxygens (including phenoxy) is 8. The Morgan fingerprint density at radius 1 is 0.289 bits per heavy atom. The van der Waals surface area contributed by atoms with Crippen molar-refractivity contribution in [3.05, 3.63) is 0 Å². The summed E-state index contributed by atoms with van der Waals surface area (Å²) in [6.45, 7) is 19.5. The van der Waals surface area contributed by atoms with E-state index in [1.54, 1.807) is 47.0 Å². The Morgan fingerprint density at radius 3 is 0.733 bits per heavy atom. The van der Waals surface area contributed by atoms with Crippen LogP contribution in [0, 0.1) is 23.7 Å². The van der Waals surface area contributed by atoms with E-state index in [0.717, 1.165) is 48.7 Å². The van der Waals surface area contributed by atoms with Crippen LogP contribution in [0.3, 0.4) is 0 Å². The average molecular weight is 1350 g/mol. The minimum absolute atomic E-state index is 0.0299. The molecule has 4 unspecified atom stereocenters. The van der Waals surface area contributed by atoms with Gasteiger partial charge < -0.3 is 52.6 Å². The van der Waals surface area contributed by atoms with Crippen LogP contribution in [0.4, 0.5) is 0 Å². The summed E-state index contributed by atoms with van der Waals surface area (Å²) < 4.78 is 43.3. The molecule has 19 nitrogen and oxygen atoms in total. The fraction of sp³-hybridized carbons (Fsp3) is 0.881. The van der Waals surface area contributed by atoms with Gasteiger partial charge in [0, 0.05) is 49.2 Å². The third-order valence-corrected chi connectivity index (χ3v) is 19.8. The van der Waals surface area contributed by atoms with E-state index in [-0.39, 0.29) is 126 Å². The largest absolute Gasteiger partial charge is 0.462 e. The fourth-order valence-corrected chi connectivity index (χ4v) is 13.1. The van der Waals surface area contributed by atoms with Crippen molar-refractivity contribution in [1.29, 1.82) is 0 Å². The van der Waals surface area contributed by atoms with Gasteiger partial charge >= 0.3 is 47.8 Å². The van der Waals surface area contributed by atoms with Crippen molar-refractivity contribution >= 4 is 94.8 Å². The van der Waals surface area contributed by atoms with Crippen LogP contribution in [0.2, 0.25) is 0 Å². The van der Waals surface area contributed by atoms with Crippen LogP contribution in [0.15, 0.2) is 0 Å². The van der Waals surface area contributed by atoms with E-state index >= 15 is 0 Å². The molecule has 0 aliphatic rings. The maximum Gasteiger partial charge on any atom is 0.309 e. The van der Waals surface area contributed by atoms with Gasteiger partial charge in [0.05, 0.1) is 49.4 Å². The molecule has 0 radical (unpaired) electrons. The summed E-state index contributed by atoms with van der Waals surface area (Å²) in [5.74, 6) is 2.66. The van der Waals surface area contributed by atoms with Gasteiger partial charge in [0.25, 0.3) is 0 Å². The van der Waals surface area contributed by atoms with Gasteiger partial charge in [0.1, 0.15) is 52.9 Å². The van der Waals surface area contributed by atoms with Crippen LogP contribution >= 0.6 is 47.0 Å². The highest BCUT2D eigenvalue weighted by molar-refractivity contribution is 7.99. The minimum atomic E-state index is -0.448. The Kier molecular flexibility index (Phi) is 60.1. The third-order valence-electron chi connectivity index (χ3n) is 14.6. The maximum absolute atomic E-state index is 12.9. The van der Waals surface area contributed by atoms with Crippen molar-refractivity contribution in [2.45, 2.75) is 197 Å². The molecule has 0 rings (SSSR count). The Balaban J connectivity index is 5.48. The highest BCUT2D eigenvalue weighted by Gasteiger charge is 2.21. The number of hydrogen-bond acceptors (Lipinski definition) is 23. The van der Waals surface area contributed by atoms with Gasteiger partial charge in [-0.2, -0.15) is 47.0 Å². The van der Waals surface area contributed by atoms with Gasteiger partial charge in [-0.25, -0.2) is 0 Å². The smallest absolute Gasteiger partial charge is 0.309 e. The predicted octanol–water partition coefficient (Wildman–Crippen LogP) is 12.0. The molecule has 0 heterocycles. The average Bonchev–Trinajstić information content (AvgIpc) is 3.60. The van der Waals surface area contributed by atoms with E-state index in [4.69, 9.17) is 37.9 Å². The summed E-state index contributed by atoms with van der Waals surface area (Å²) in [6.07, 6.45) is 20.5. The number of thioether (sulfide) groups is 4. The lowest BCUT2D eigenvalue weighted by atomic mass is 10.2. The predicted molar refractivity (Wildman–Crippen MR) is 368 cm³/mol. The lowest BCUT2D eigenvalue weighted by molar-refractivity contribution is -0.154. The van der Waals surface area contributed by atoms with Crippen molar-refractivity contribution in [2.75, 3.05) is 158 Å². The van der Waals surface area contributed by atoms with Gasteiger partial charge in [-0.15, -0.1) is 0 Å². The van der Waals surface area contributed by atoms with E-state index in [1.165, 1.54) is 77.0 Å². The van der Waals surface area contributed by atoms with Gasteiger partial charge in [-0.05, 0) is 94.8 Å². The Morgan fingerprint density at radius 2 is 0.511 bits per heavy atom. The first-order chi connectivity index (χ1) is 43.5. The monoisotopic (exact) mass is 1350 g/mol. The quantitative estimate of drug-likeness (QED) is 0.0314. The van der Waals surface area contributed by atoms with Gasteiger partial charge in [-0.3, -0.25) is 38.4 Å². The summed E-state index contributed by atoms with van der Waals surface area (Å²) in [6, 6.07) is 0. The number of rotatable bonds is 64. The Hall–Kier alpha value is -2.96. The molecule has 0 aromatic heterocycles. The topological polar surface area (TPSA) is 220 Å². The standard InChI is InChI=1S/C67H123N3O16S4/c1-10-14-18-22-48-87-52-56(5)64(75)83-44-40-79-60(71)28-36-69(37-29-61(72)80-41-45-84-65(76)57(6)53-88-49-23-19-15-11-2)34-26-32-68(9)33-27-35-70(38-30-62(73)81-42-46-85-66(77)58(7)54-89-50-24-20-16-12-3)39-31-63(74)82-43-47-86-67(78)59(8)55-90-51-25-21-17-13-4/h56-59H,10-55H2,1-9H3. The lowest BCUT2D eigenvalue weighted by Gasteiger charge is -2.25. The molecule has 90 heavy (non-hydrogen) atoms. The maximum atomic E-state index is 12.9. The summed E-state index contributed by atoms with van der Waals surface area (Å²) in [5, 5.41) is 0. The van der Waals surface area contributed by atoms with Crippen LogP contribution in [-0.4, -0.2) is 221 Å². The first-order valence-electron chi connectivity index (χ1n) is 34.2. The highest BCUT2D eigenvalue weighted by Crippen LogP contribution is 2.17. The second kappa shape index (κ2) is 62.2. The third kappa shape index (κ3) is 54.4. The van der Waals surface area contributed by atoms with Crippen LogP contribution < -0.4 is 0 Å². The summed E-state index contributed by atoms with van der Waals surface area (Å²) in [7, 11) is 2.00. The molecule has 0 aromatic carbocycles. The zero-order valence-electron chi connectivity index (χ0n) is 57.3. The van der Waals surface area contributed by atoms with Crippen molar-refractivity contribution in [1.82, 2.24) is 14.7 Å². The molecule has 0 amide bonds. The molecule has 0 saturated carbocycles. The number of carbonyl (C=O) groups excluding carboxylic acids is 8. The molecule has 0 aromatic rings. The Labute approximate surface area is 561 Å². The molecule has 0 spiro atoms. The summed E-state index contributed by atoms with van der Waals surface area (Å²) >= 11 is 6.99. The SMILES string of the molecule is CCCCCCSCC(C)C(=O)OCCOC(=O)CCN(CCCN(C)CCCN(CCC(=O)OCCOC(=O)C(C)CSCCCCCC)CCC(=O)OCCOC(=O)C(C)CSCCCCCC)CCC(=O)OCCOC(=O)C(C)CSCCCCCC. The second-order valence-corrected chi connectivity index (χ2v) is 28.0. The molecule has 0 aliphatic carbocycles. The normalized spacial score (nSPS) is 12.8. The number of hydrogen-bond donors (Lipinski definition) is 0. The summed E-state index contributed by atoms with van der Waals surface area (Å²) in [4.78, 5) is 108. The van der Waals surface area contributed by atoms with E-state index < -0.39 is 23.9 Å². The Bertz CT molecular complexity index is 1600. The van der Waals surface area contributed by atoms with Crippen LogP contribution in [0.1, 0.15) is 197 Å². The minimum Gasteiger partial charge on any atom is -0.462 e. The zero-order valence-corrected chi connectivity index (χ0v) is 60.6. The number of carbonyl (C=O) groups is 8. The number of nitrogens with zero attached hydrogens (tertiary/aromatic N) is 3. The molecule has 23 heteroatoms. The van der Waals surface area contributed by atoms with Gasteiger partial charge in [0.15, 0.2) is 0 Å². The highest BCUT2D eigenvalue weighted by atomic mass is 32.2. The van der Waals surface area contributed by atoms with Crippen molar-refractivity contribution in [2.24, 2.45) is 23.7 Å². The van der Waals surface area contributed by atoms with E-state index in [2.05, 4.69) is 32.6 Å². The molecule has 4 atom stereocenters. The van der Waals surface area contributed by atoms with Crippen LogP contribution in [0.25, 0.3) is 0 Å². The van der Waals surface area contributed by atoms with Crippen molar-refractivity contribution in [3.8, 4) is 0 Å². The molecule has 0 saturated heterocycles. The van der Waals surface area contributed by atoms with Crippen LogP contribution in [0.5, 0.6) is 0 Å². The van der Waals surface area contributed by atoms with Crippen molar-refractivity contribution < 1.29 is 76.3 Å². The fourth-order valence-electron chi connectivity index (χ4n) is 8.79. The molecular weight excluding hydrogens is 1230 g/mol. The zero-order chi connectivity index (χ0) is 66.7. The van der Waals surface area contributed by atoms with E-state index in [0.29, 0.717) is 88.2 Å². The molecule has 0 bridgehead atoms. The first-order valence-corrected chi connectivity index (χ1v) is 38.8. The number of unbranched alkanes of at least 4 members (excludes halogenated alkanes) is 12. The second-order valence-electron chi connectivity index (χ2n) is 23.4. The molecule has 0 aliphatic heterocycles. The van der Waals surface area contributed by atoms with Gasteiger partial charge in [0.2, 0.25) is 0 Å². The molecule has 0 N–H and O–H groups in total. The first kappa shape index (κ1) is 87.0. The number of esters is 8. The van der Waals surface area contributed by atoms with Gasteiger partial charge in [-0.1, -0.05) is 132 Å².